The summed E-state index contributed by atoms with van der Waals surface area (Å²) in [6.45, 7) is 1.98. The predicted octanol–water partition coefficient (Wildman–Crippen LogP) is 2.82. The summed E-state index contributed by atoms with van der Waals surface area (Å²) in [5.74, 6) is 4.31. The second-order valence-electron chi connectivity index (χ2n) is 10.8. The lowest BCUT2D eigenvalue weighted by Crippen LogP contribution is -2.39. The van der Waals surface area contributed by atoms with Crippen molar-refractivity contribution < 1.29 is 9.53 Å². The molecule has 1 spiro atoms. The fraction of sp³-hybridized carbons (Fsp3) is 0.577. The lowest BCUT2D eigenvalue weighted by Gasteiger charge is -2.34. The van der Waals surface area contributed by atoms with Crippen LogP contribution in [-0.2, 0) is 23.1 Å². The molecule has 1 aromatic carbocycles. The van der Waals surface area contributed by atoms with Crippen molar-refractivity contribution in [1.29, 1.82) is 0 Å². The van der Waals surface area contributed by atoms with Crippen LogP contribution in [0.5, 0.6) is 5.75 Å². The van der Waals surface area contributed by atoms with Crippen molar-refractivity contribution in [3.05, 3.63) is 40.8 Å². The fourth-order valence-electron chi connectivity index (χ4n) is 7.34. The summed E-state index contributed by atoms with van der Waals surface area (Å²) in [5, 5.41) is 6.85. The summed E-state index contributed by atoms with van der Waals surface area (Å²) >= 11 is 0. The van der Waals surface area contributed by atoms with Crippen LogP contribution in [0.15, 0.2) is 18.2 Å². The van der Waals surface area contributed by atoms with Gasteiger partial charge in [-0.15, -0.1) is 0 Å². The van der Waals surface area contributed by atoms with Crippen molar-refractivity contribution in [2.24, 2.45) is 17.8 Å². The minimum atomic E-state index is -0.357. The maximum absolute atomic E-state index is 13.1. The Kier molecular flexibility index (Phi) is 4.49. The van der Waals surface area contributed by atoms with Gasteiger partial charge in [-0.1, -0.05) is 0 Å². The van der Waals surface area contributed by atoms with E-state index in [2.05, 4.69) is 32.5 Å². The first-order chi connectivity index (χ1) is 16.6. The standard InChI is InChI=1S/C26H32N6O2/c1-13-27-20-5-3-4-16(20)23(28-13)30-24-17-8-6-14(10-22(17)31-32-24)19-12-26(19)18-11-15(34-2)7-9-21(18)29-25(26)33/h7,9,11,14,17,19,22,24,31-32H,3-6,8,10,12H2,1-2H3,(H,29,33)(H,27,28,30)/t14?,17?,19-,22?,24?,26-/m0/s1. The minimum Gasteiger partial charge on any atom is -0.497 e. The van der Waals surface area contributed by atoms with Gasteiger partial charge in [0.15, 0.2) is 0 Å². The highest BCUT2D eigenvalue weighted by molar-refractivity contribution is 6.09. The first kappa shape index (κ1) is 20.6. The van der Waals surface area contributed by atoms with Crippen LogP contribution in [0.2, 0.25) is 0 Å². The third kappa shape index (κ3) is 2.94. The molecular formula is C26H32N6O2. The van der Waals surface area contributed by atoms with Crippen molar-refractivity contribution in [2.45, 2.75) is 69.5 Å². The SMILES string of the molecule is COc1ccc2c(c1)[C@]1(C[C@H]1C1CCC3C(C1)NNC3Nc1nc(C)nc3c1CCC3)C(=O)N2. The Morgan fingerprint density at radius 2 is 2.09 bits per heavy atom. The Morgan fingerprint density at radius 3 is 2.97 bits per heavy atom. The maximum Gasteiger partial charge on any atom is 0.235 e. The highest BCUT2D eigenvalue weighted by Crippen LogP contribution is 2.65. The highest BCUT2D eigenvalue weighted by atomic mass is 16.5. The van der Waals surface area contributed by atoms with Crippen LogP contribution in [0, 0.1) is 24.7 Å². The van der Waals surface area contributed by atoms with Crippen molar-refractivity contribution in [3.63, 3.8) is 0 Å². The third-order valence-corrected chi connectivity index (χ3v) is 9.08. The summed E-state index contributed by atoms with van der Waals surface area (Å²) in [5.41, 5.74) is 11.3. The van der Waals surface area contributed by atoms with Crippen LogP contribution >= 0.6 is 0 Å². The van der Waals surface area contributed by atoms with Gasteiger partial charge >= 0.3 is 0 Å². The number of methoxy groups -OCH3 is 1. The van der Waals surface area contributed by atoms with Crippen LogP contribution in [0.3, 0.4) is 0 Å². The molecule has 2 aliphatic heterocycles. The number of fused-ring (bicyclic) bond motifs is 4. The first-order valence-corrected chi connectivity index (χ1v) is 12.7. The number of hydrogen-bond acceptors (Lipinski definition) is 7. The van der Waals surface area contributed by atoms with E-state index in [0.717, 1.165) is 73.6 Å². The summed E-state index contributed by atoms with van der Waals surface area (Å²) in [7, 11) is 1.69. The van der Waals surface area contributed by atoms with Gasteiger partial charge in [-0.3, -0.25) is 10.2 Å². The van der Waals surface area contributed by atoms with Gasteiger partial charge in [-0.05, 0) is 87.5 Å². The van der Waals surface area contributed by atoms with Crippen LogP contribution in [0.4, 0.5) is 11.5 Å². The number of rotatable bonds is 4. The van der Waals surface area contributed by atoms with E-state index in [-0.39, 0.29) is 17.5 Å². The Balaban J connectivity index is 1.07. The molecule has 178 valence electrons. The number of aromatic nitrogens is 2. The molecular weight excluding hydrogens is 428 g/mol. The molecule has 3 heterocycles. The summed E-state index contributed by atoms with van der Waals surface area (Å²) in [6.07, 6.45) is 7.78. The fourth-order valence-corrected chi connectivity index (χ4v) is 7.34. The molecule has 34 heavy (non-hydrogen) atoms. The smallest absolute Gasteiger partial charge is 0.235 e. The number of amides is 1. The van der Waals surface area contributed by atoms with E-state index in [1.165, 1.54) is 11.3 Å². The van der Waals surface area contributed by atoms with E-state index >= 15 is 0 Å². The molecule has 1 amide bonds. The number of nitrogens with one attached hydrogen (secondary N) is 4. The number of ether oxygens (including phenoxy) is 1. The van der Waals surface area contributed by atoms with Gasteiger partial charge < -0.3 is 15.4 Å². The number of anilines is 2. The lowest BCUT2D eigenvalue weighted by atomic mass is 9.74. The van der Waals surface area contributed by atoms with Crippen LogP contribution in [0.25, 0.3) is 0 Å². The molecule has 1 saturated heterocycles. The van der Waals surface area contributed by atoms with E-state index in [4.69, 9.17) is 9.72 Å². The summed E-state index contributed by atoms with van der Waals surface area (Å²) < 4.78 is 5.46. The largest absolute Gasteiger partial charge is 0.497 e. The molecule has 4 unspecified atom stereocenters. The molecule has 3 aliphatic carbocycles. The Bertz CT molecular complexity index is 1180. The summed E-state index contributed by atoms with van der Waals surface area (Å²) in [6, 6.07) is 6.38. The molecule has 2 aromatic rings. The molecule has 4 N–H and O–H groups in total. The van der Waals surface area contributed by atoms with Crippen LogP contribution in [0.1, 0.15) is 54.7 Å². The number of carbonyl (C=O) groups excluding carboxylic acids is 1. The highest BCUT2D eigenvalue weighted by Gasteiger charge is 2.67. The van der Waals surface area contributed by atoms with Crippen molar-refractivity contribution >= 4 is 17.4 Å². The average molecular weight is 461 g/mol. The van der Waals surface area contributed by atoms with E-state index < -0.39 is 0 Å². The number of aryl methyl sites for hydroxylation is 2. The van der Waals surface area contributed by atoms with Gasteiger partial charge in [0.25, 0.3) is 0 Å². The molecule has 3 fully saturated rings. The normalized spacial score (nSPS) is 35.0. The van der Waals surface area contributed by atoms with E-state index in [1.807, 2.05) is 19.1 Å². The van der Waals surface area contributed by atoms with Gasteiger partial charge in [-0.2, -0.15) is 0 Å². The maximum atomic E-state index is 13.1. The molecule has 5 aliphatic rings. The van der Waals surface area contributed by atoms with Gasteiger partial charge in [0.1, 0.15) is 17.4 Å². The quantitative estimate of drug-likeness (QED) is 0.557. The molecule has 0 radical (unpaired) electrons. The number of nitrogens with zero attached hydrogens (tertiary/aromatic N) is 2. The van der Waals surface area contributed by atoms with Crippen LogP contribution < -0.4 is 26.2 Å². The van der Waals surface area contributed by atoms with E-state index in [9.17, 15) is 4.79 Å². The summed E-state index contributed by atoms with van der Waals surface area (Å²) in [4.78, 5) is 22.5. The Labute approximate surface area is 199 Å². The zero-order valence-electron chi connectivity index (χ0n) is 19.8. The molecule has 8 nitrogen and oxygen atoms in total. The van der Waals surface area contributed by atoms with Gasteiger partial charge in [0.2, 0.25) is 5.91 Å². The van der Waals surface area contributed by atoms with E-state index in [1.54, 1.807) is 7.11 Å². The van der Waals surface area contributed by atoms with Crippen LogP contribution in [-0.4, -0.2) is 35.2 Å². The Morgan fingerprint density at radius 1 is 1.18 bits per heavy atom. The topological polar surface area (TPSA) is 100 Å². The number of hydrogen-bond donors (Lipinski definition) is 4. The van der Waals surface area contributed by atoms with Gasteiger partial charge in [-0.25, -0.2) is 15.4 Å². The lowest BCUT2D eigenvalue weighted by molar-refractivity contribution is -0.118. The zero-order valence-corrected chi connectivity index (χ0v) is 19.8. The zero-order chi connectivity index (χ0) is 23.0. The molecule has 7 rings (SSSR count). The second-order valence-corrected chi connectivity index (χ2v) is 10.8. The molecule has 2 saturated carbocycles. The predicted molar refractivity (Wildman–Crippen MR) is 129 cm³/mol. The third-order valence-electron chi connectivity index (χ3n) is 9.08. The number of carbonyl (C=O) groups is 1. The minimum absolute atomic E-state index is 0.165. The van der Waals surface area contributed by atoms with Gasteiger partial charge in [0, 0.05) is 28.9 Å². The average Bonchev–Trinajstić information content (AvgIpc) is 3.07. The number of hydrazine groups is 1. The van der Waals surface area contributed by atoms with Gasteiger partial charge in [0.05, 0.1) is 18.7 Å². The molecule has 0 bridgehead atoms. The van der Waals surface area contributed by atoms with E-state index in [0.29, 0.717) is 23.8 Å². The second kappa shape index (κ2) is 7.39. The molecule has 6 atom stereocenters. The first-order valence-electron chi connectivity index (χ1n) is 12.7. The monoisotopic (exact) mass is 460 g/mol. The van der Waals surface area contributed by atoms with Crippen molar-refractivity contribution in [3.8, 4) is 5.75 Å². The molecule has 8 heteroatoms. The number of benzene rings is 1. The van der Waals surface area contributed by atoms with Crippen molar-refractivity contribution in [2.75, 3.05) is 17.7 Å². The Hall–Kier alpha value is -2.71. The van der Waals surface area contributed by atoms with Crippen molar-refractivity contribution in [1.82, 2.24) is 20.8 Å². The molecule has 1 aromatic heterocycles.